The van der Waals surface area contributed by atoms with Gasteiger partial charge >= 0.3 is 6.09 Å². The molecular weight excluding hydrogens is 428 g/mol. The fourth-order valence-corrected chi connectivity index (χ4v) is 4.99. The number of nitrogens with one attached hydrogen (secondary N) is 1. The van der Waals surface area contributed by atoms with Crippen molar-refractivity contribution in [1.29, 1.82) is 0 Å². The molecule has 1 aliphatic carbocycles. The van der Waals surface area contributed by atoms with E-state index in [4.69, 9.17) is 14.7 Å². The Morgan fingerprint density at radius 1 is 1.24 bits per heavy atom. The zero-order valence-corrected chi connectivity index (χ0v) is 20.5. The molecule has 3 aromatic heterocycles. The molecule has 4 heterocycles. The van der Waals surface area contributed by atoms with Crippen LogP contribution in [0.4, 0.5) is 10.6 Å². The normalized spacial score (nSPS) is 18.6. The maximum Gasteiger partial charge on any atom is 0.407 e. The van der Waals surface area contributed by atoms with Crippen LogP contribution in [0.25, 0.3) is 5.65 Å². The number of imidazole rings is 1. The van der Waals surface area contributed by atoms with E-state index in [-0.39, 0.29) is 12.1 Å². The Morgan fingerprint density at radius 2 is 2.06 bits per heavy atom. The minimum absolute atomic E-state index is 0.0816. The topological polar surface area (TPSA) is 75.0 Å². The molecule has 2 aliphatic rings. The van der Waals surface area contributed by atoms with Crippen molar-refractivity contribution in [3.63, 3.8) is 0 Å². The summed E-state index contributed by atoms with van der Waals surface area (Å²) < 4.78 is 7.53. The number of hydrogen-bond donors (Lipinski definition) is 1. The number of alkyl carbamates (subject to hydrolysis) is 1. The van der Waals surface area contributed by atoms with Crippen LogP contribution >= 0.6 is 0 Å². The number of fused-ring (bicyclic) bond motifs is 2. The number of aryl methyl sites for hydroxylation is 1. The summed E-state index contributed by atoms with van der Waals surface area (Å²) in [5.74, 6) is 1.09. The molecule has 0 bridgehead atoms. The van der Waals surface area contributed by atoms with Gasteiger partial charge in [-0.25, -0.2) is 9.78 Å². The van der Waals surface area contributed by atoms with Crippen LogP contribution in [0.5, 0.6) is 0 Å². The third-order valence-electron chi connectivity index (χ3n) is 6.56. The quantitative estimate of drug-likeness (QED) is 0.619. The van der Waals surface area contributed by atoms with Crippen molar-refractivity contribution in [2.75, 3.05) is 25.0 Å². The number of rotatable bonds is 5. The molecule has 0 aromatic carbocycles. The molecule has 1 atom stereocenters. The molecule has 0 radical (unpaired) electrons. The largest absolute Gasteiger partial charge is 0.444 e. The summed E-state index contributed by atoms with van der Waals surface area (Å²) >= 11 is 0. The highest BCUT2D eigenvalue weighted by atomic mass is 16.6. The van der Waals surface area contributed by atoms with Crippen LogP contribution in [-0.4, -0.2) is 57.1 Å². The number of hydrogen-bond acceptors (Lipinski definition) is 6. The number of carbonyl (C=O) groups is 1. The van der Waals surface area contributed by atoms with Crippen LogP contribution in [-0.2, 0) is 17.7 Å². The van der Waals surface area contributed by atoms with E-state index in [1.54, 1.807) is 0 Å². The maximum atomic E-state index is 12.1. The monoisotopic (exact) mass is 462 g/mol. The molecule has 0 saturated carbocycles. The molecule has 5 rings (SSSR count). The predicted octanol–water partition coefficient (Wildman–Crippen LogP) is 3.95. The number of amides is 1. The molecule has 1 saturated heterocycles. The number of anilines is 1. The molecule has 1 fully saturated rings. The zero-order valence-electron chi connectivity index (χ0n) is 20.5. The van der Waals surface area contributed by atoms with Crippen molar-refractivity contribution in [3.8, 4) is 0 Å². The van der Waals surface area contributed by atoms with Gasteiger partial charge in [0.2, 0.25) is 0 Å². The highest BCUT2D eigenvalue weighted by Gasteiger charge is 2.31. The summed E-state index contributed by atoms with van der Waals surface area (Å²) in [6, 6.07) is 10.8. The first-order chi connectivity index (χ1) is 16.3. The van der Waals surface area contributed by atoms with Crippen molar-refractivity contribution >= 4 is 17.6 Å². The molecule has 1 N–H and O–H groups in total. The summed E-state index contributed by atoms with van der Waals surface area (Å²) in [5, 5.41) is 2.96. The molecule has 8 heteroatoms. The number of aromatic nitrogens is 3. The van der Waals surface area contributed by atoms with Crippen LogP contribution in [0.3, 0.4) is 0 Å². The van der Waals surface area contributed by atoms with Crippen molar-refractivity contribution in [3.05, 3.63) is 59.7 Å². The van der Waals surface area contributed by atoms with Crippen LogP contribution in [0.15, 0.2) is 42.7 Å². The molecule has 8 nitrogen and oxygen atoms in total. The van der Waals surface area contributed by atoms with E-state index < -0.39 is 5.60 Å². The molecule has 3 aromatic rings. The van der Waals surface area contributed by atoms with Crippen molar-refractivity contribution < 1.29 is 9.53 Å². The Hall–Kier alpha value is -3.13. The second kappa shape index (κ2) is 8.91. The van der Waals surface area contributed by atoms with Crippen LogP contribution in [0.1, 0.15) is 56.6 Å². The Labute approximate surface area is 200 Å². The van der Waals surface area contributed by atoms with Crippen molar-refractivity contribution in [2.24, 2.45) is 0 Å². The Kier molecular flexibility index (Phi) is 5.93. The number of carbonyl (C=O) groups excluding carboxylic acids is 1. The van der Waals surface area contributed by atoms with Gasteiger partial charge in [-0.2, -0.15) is 0 Å². The van der Waals surface area contributed by atoms with Crippen molar-refractivity contribution in [2.45, 2.75) is 64.3 Å². The lowest BCUT2D eigenvalue weighted by Gasteiger charge is -2.41. The average Bonchev–Trinajstić information content (AvgIpc) is 3.17. The van der Waals surface area contributed by atoms with Gasteiger partial charge in [-0.05, 0) is 70.8 Å². The minimum atomic E-state index is -0.491. The van der Waals surface area contributed by atoms with Crippen LogP contribution < -0.4 is 10.2 Å². The highest BCUT2D eigenvalue weighted by molar-refractivity contribution is 5.69. The lowest BCUT2D eigenvalue weighted by atomic mass is 9.91. The fourth-order valence-electron chi connectivity index (χ4n) is 4.99. The molecule has 1 amide bonds. The zero-order chi connectivity index (χ0) is 23.9. The summed E-state index contributed by atoms with van der Waals surface area (Å²) in [6.45, 7) is 7.88. The summed E-state index contributed by atoms with van der Waals surface area (Å²) in [6.07, 6.45) is 7.11. The van der Waals surface area contributed by atoms with Gasteiger partial charge in [0.15, 0.2) is 0 Å². The van der Waals surface area contributed by atoms with Crippen LogP contribution in [0, 0.1) is 0 Å². The first kappa shape index (κ1) is 22.7. The van der Waals surface area contributed by atoms with Gasteiger partial charge in [0.05, 0.1) is 23.5 Å². The fraction of sp³-hybridized carbons (Fsp3) is 0.500. The number of pyridine rings is 2. The lowest BCUT2D eigenvalue weighted by molar-refractivity contribution is 0.0496. The van der Waals surface area contributed by atoms with E-state index in [1.807, 2.05) is 45.2 Å². The minimum Gasteiger partial charge on any atom is -0.444 e. The molecule has 180 valence electrons. The van der Waals surface area contributed by atoms with E-state index in [2.05, 4.69) is 44.9 Å². The van der Waals surface area contributed by atoms with Crippen molar-refractivity contribution in [1.82, 2.24) is 24.6 Å². The van der Waals surface area contributed by atoms with E-state index in [1.165, 1.54) is 17.7 Å². The van der Waals surface area contributed by atoms with Gasteiger partial charge in [0, 0.05) is 32.0 Å². The lowest BCUT2D eigenvalue weighted by Crippen LogP contribution is -2.60. The van der Waals surface area contributed by atoms with Gasteiger partial charge in [0.1, 0.15) is 17.1 Å². The second-order valence-corrected chi connectivity index (χ2v) is 10.5. The van der Waals surface area contributed by atoms with E-state index in [0.29, 0.717) is 6.04 Å². The summed E-state index contributed by atoms with van der Waals surface area (Å²) in [7, 11) is 2.17. The molecule has 1 unspecified atom stereocenters. The summed E-state index contributed by atoms with van der Waals surface area (Å²) in [5.41, 5.74) is 4.07. The Balaban J connectivity index is 1.26. The predicted molar refractivity (Wildman–Crippen MR) is 132 cm³/mol. The molecule has 1 aliphatic heterocycles. The van der Waals surface area contributed by atoms with Gasteiger partial charge < -0.3 is 15.0 Å². The van der Waals surface area contributed by atoms with E-state index in [0.717, 1.165) is 49.6 Å². The van der Waals surface area contributed by atoms with Gasteiger partial charge in [-0.15, -0.1) is 0 Å². The first-order valence-electron chi connectivity index (χ1n) is 12.1. The standard InChI is InChI=1S/C26H34N6O2/c1-26(2,3)34-25(33)29-20-15-31(16-20)23-12-6-11-22-28-19(17-32(22)23)14-30(4)21-10-5-8-18-9-7-13-27-24(18)21/h6-7,9,11-13,17,20-21H,5,8,10,14-16H2,1-4H3,(H,29,33). The third kappa shape index (κ3) is 4.73. The first-order valence-corrected chi connectivity index (χ1v) is 12.1. The van der Waals surface area contributed by atoms with E-state index >= 15 is 0 Å². The molecule has 0 spiro atoms. The van der Waals surface area contributed by atoms with Crippen LogP contribution in [0.2, 0.25) is 0 Å². The van der Waals surface area contributed by atoms with Gasteiger partial charge in [-0.1, -0.05) is 12.1 Å². The molecular formula is C26H34N6O2. The van der Waals surface area contributed by atoms with Gasteiger partial charge in [-0.3, -0.25) is 14.3 Å². The maximum absolute atomic E-state index is 12.1. The SMILES string of the molecule is CN(Cc1cn2c(N3CC(NC(=O)OC(C)(C)C)C3)cccc2n1)C1CCCc2cccnc21. The summed E-state index contributed by atoms with van der Waals surface area (Å²) in [4.78, 5) is 26.3. The Bertz CT molecular complexity index is 1180. The highest BCUT2D eigenvalue weighted by Crippen LogP contribution is 2.33. The van der Waals surface area contributed by atoms with E-state index in [9.17, 15) is 4.79 Å². The van der Waals surface area contributed by atoms with Gasteiger partial charge in [0.25, 0.3) is 0 Å². The Morgan fingerprint density at radius 3 is 2.85 bits per heavy atom. The third-order valence-corrected chi connectivity index (χ3v) is 6.56. The number of ether oxygens (including phenoxy) is 1. The molecule has 34 heavy (non-hydrogen) atoms. The number of nitrogens with zero attached hydrogens (tertiary/aromatic N) is 5. The second-order valence-electron chi connectivity index (χ2n) is 10.5. The smallest absolute Gasteiger partial charge is 0.407 e. The average molecular weight is 463 g/mol.